The van der Waals surface area contributed by atoms with Gasteiger partial charge in [-0.3, -0.25) is 14.9 Å². The highest BCUT2D eigenvalue weighted by Crippen LogP contribution is 2.22. The zero-order valence-corrected chi connectivity index (χ0v) is 19.1. The highest BCUT2D eigenvalue weighted by molar-refractivity contribution is 5.95. The third-order valence-corrected chi connectivity index (χ3v) is 5.85. The zero-order valence-electron chi connectivity index (χ0n) is 19.1. The van der Waals surface area contributed by atoms with E-state index in [0.717, 1.165) is 31.5 Å². The van der Waals surface area contributed by atoms with Gasteiger partial charge < -0.3 is 9.47 Å². The van der Waals surface area contributed by atoms with Gasteiger partial charge >= 0.3 is 0 Å². The topological polar surface area (TPSA) is 68.4 Å². The summed E-state index contributed by atoms with van der Waals surface area (Å²) in [6.45, 7) is 7.73. The molecule has 0 N–H and O–H groups in total. The van der Waals surface area contributed by atoms with Crippen molar-refractivity contribution in [2.45, 2.75) is 53.1 Å². The fourth-order valence-electron chi connectivity index (χ4n) is 3.84. The summed E-state index contributed by atoms with van der Waals surface area (Å²) in [6.07, 6.45) is 5.02. The number of hydrogen-bond acceptors (Lipinski definition) is 3. The van der Waals surface area contributed by atoms with E-state index in [1.165, 1.54) is 17.2 Å². The second-order valence-electron chi connectivity index (χ2n) is 8.25. The molecule has 168 valence electrons. The summed E-state index contributed by atoms with van der Waals surface area (Å²) in [5.74, 6) is -0.173. The van der Waals surface area contributed by atoms with Gasteiger partial charge in [0.15, 0.2) is 0 Å². The van der Waals surface area contributed by atoms with Crippen LogP contribution in [0.3, 0.4) is 0 Å². The van der Waals surface area contributed by atoms with Crippen molar-refractivity contribution in [2.24, 2.45) is 0 Å². The van der Waals surface area contributed by atoms with E-state index < -0.39 is 4.92 Å². The third-order valence-electron chi connectivity index (χ3n) is 5.85. The fourth-order valence-corrected chi connectivity index (χ4v) is 3.84. The number of unbranched alkanes of at least 4 members (excludes halogenated alkanes) is 2. The number of amides is 1. The molecular formula is C26H31N3O3. The first-order valence-corrected chi connectivity index (χ1v) is 11.1. The number of hydrogen-bond donors (Lipinski definition) is 0. The number of nitrogens with zero attached hydrogens (tertiary/aromatic N) is 3. The largest absolute Gasteiger partial charge is 0.345 e. The van der Waals surface area contributed by atoms with E-state index in [2.05, 4.69) is 30.5 Å². The van der Waals surface area contributed by atoms with Gasteiger partial charge in [0.2, 0.25) is 0 Å². The van der Waals surface area contributed by atoms with Crippen LogP contribution in [0.5, 0.6) is 0 Å². The lowest BCUT2D eigenvalue weighted by molar-refractivity contribution is -0.385. The lowest BCUT2D eigenvalue weighted by atomic mass is 10.1. The molecule has 0 unspecified atom stereocenters. The summed E-state index contributed by atoms with van der Waals surface area (Å²) in [6, 6.07) is 17.1. The number of carbonyl (C=O) groups is 1. The minimum Gasteiger partial charge on any atom is -0.345 e. The molecule has 1 heterocycles. The van der Waals surface area contributed by atoms with Gasteiger partial charge in [-0.2, -0.15) is 0 Å². The summed E-state index contributed by atoms with van der Waals surface area (Å²) in [4.78, 5) is 26.1. The van der Waals surface area contributed by atoms with Crippen LogP contribution in [0.1, 0.15) is 58.9 Å². The van der Waals surface area contributed by atoms with E-state index in [-0.39, 0.29) is 11.6 Å². The molecule has 1 amide bonds. The summed E-state index contributed by atoms with van der Waals surface area (Å²) < 4.78 is 2.17. The lowest BCUT2D eigenvalue weighted by Crippen LogP contribution is -2.32. The van der Waals surface area contributed by atoms with Gasteiger partial charge in [-0.25, -0.2) is 0 Å². The van der Waals surface area contributed by atoms with Crippen LogP contribution in [0.25, 0.3) is 0 Å². The molecule has 0 aliphatic carbocycles. The lowest BCUT2D eigenvalue weighted by Gasteiger charge is -2.24. The van der Waals surface area contributed by atoms with E-state index in [4.69, 9.17) is 0 Å². The van der Waals surface area contributed by atoms with E-state index in [1.807, 2.05) is 35.4 Å². The van der Waals surface area contributed by atoms with Crippen LogP contribution in [0.2, 0.25) is 0 Å². The molecule has 6 nitrogen and oxygen atoms in total. The number of carbonyl (C=O) groups excluding carboxylic acids is 1. The predicted molar refractivity (Wildman–Crippen MR) is 127 cm³/mol. The molecule has 0 radical (unpaired) electrons. The highest BCUT2D eigenvalue weighted by atomic mass is 16.6. The number of aromatic nitrogens is 1. The first-order chi connectivity index (χ1) is 15.4. The van der Waals surface area contributed by atoms with Crippen LogP contribution in [0.4, 0.5) is 5.69 Å². The van der Waals surface area contributed by atoms with Gasteiger partial charge in [-0.05, 0) is 49.6 Å². The van der Waals surface area contributed by atoms with E-state index in [1.54, 1.807) is 19.1 Å². The number of rotatable bonds is 10. The van der Waals surface area contributed by atoms with E-state index in [0.29, 0.717) is 24.2 Å². The van der Waals surface area contributed by atoms with Crippen molar-refractivity contribution in [2.75, 3.05) is 6.54 Å². The number of aryl methyl sites for hydroxylation is 2. The van der Waals surface area contributed by atoms with Crippen LogP contribution in [-0.2, 0) is 13.1 Å². The Hall–Kier alpha value is -3.41. The van der Waals surface area contributed by atoms with E-state index >= 15 is 0 Å². The third kappa shape index (κ3) is 5.63. The number of benzene rings is 2. The normalized spacial score (nSPS) is 10.8. The Morgan fingerprint density at radius 3 is 2.53 bits per heavy atom. The first kappa shape index (κ1) is 23.3. The van der Waals surface area contributed by atoms with Crippen molar-refractivity contribution in [3.8, 4) is 0 Å². The van der Waals surface area contributed by atoms with Gasteiger partial charge in [0.25, 0.3) is 11.6 Å². The molecule has 1 aromatic heterocycles. The van der Waals surface area contributed by atoms with Gasteiger partial charge in [0.1, 0.15) is 0 Å². The molecule has 3 aromatic rings. The zero-order chi connectivity index (χ0) is 23.1. The van der Waals surface area contributed by atoms with Gasteiger partial charge in [-0.1, -0.05) is 50.1 Å². The minimum absolute atomic E-state index is 0.0210. The molecule has 0 atom stereocenters. The molecule has 0 aliphatic rings. The average Bonchev–Trinajstić information content (AvgIpc) is 3.21. The van der Waals surface area contributed by atoms with Gasteiger partial charge in [0, 0.05) is 42.2 Å². The van der Waals surface area contributed by atoms with Crippen LogP contribution in [0.15, 0.2) is 60.8 Å². The highest BCUT2D eigenvalue weighted by Gasteiger charge is 2.21. The Kier molecular flexibility index (Phi) is 7.82. The molecule has 3 rings (SSSR count). The molecule has 0 aliphatic heterocycles. The van der Waals surface area contributed by atoms with Crippen molar-refractivity contribution in [1.29, 1.82) is 0 Å². The van der Waals surface area contributed by atoms with E-state index in [9.17, 15) is 14.9 Å². The van der Waals surface area contributed by atoms with Crippen molar-refractivity contribution in [1.82, 2.24) is 9.47 Å². The van der Waals surface area contributed by atoms with Crippen molar-refractivity contribution in [3.63, 3.8) is 0 Å². The van der Waals surface area contributed by atoms with Crippen molar-refractivity contribution in [3.05, 3.63) is 98.9 Å². The molecular weight excluding hydrogens is 402 g/mol. The van der Waals surface area contributed by atoms with Crippen molar-refractivity contribution >= 4 is 11.6 Å². The molecule has 2 aromatic carbocycles. The molecule has 6 heteroatoms. The summed E-state index contributed by atoms with van der Waals surface area (Å²) in [5, 5.41) is 11.4. The number of nitro groups is 1. The smallest absolute Gasteiger partial charge is 0.273 e. The SMILES string of the molecule is CCCCCN(Cc1cccn1Cc1ccccc1C)C(=O)c1ccc(C)c([N+](=O)[O-])c1. The average molecular weight is 434 g/mol. The van der Waals surface area contributed by atoms with Crippen LogP contribution in [-0.4, -0.2) is 26.8 Å². The Labute approximate surface area is 189 Å². The molecule has 0 saturated carbocycles. The molecule has 0 bridgehead atoms. The summed E-state index contributed by atoms with van der Waals surface area (Å²) in [7, 11) is 0. The van der Waals surface area contributed by atoms with Gasteiger partial charge in [0.05, 0.1) is 11.5 Å². The van der Waals surface area contributed by atoms with Crippen LogP contribution >= 0.6 is 0 Å². The van der Waals surface area contributed by atoms with Gasteiger partial charge in [-0.15, -0.1) is 0 Å². The second kappa shape index (κ2) is 10.8. The molecule has 0 spiro atoms. The quantitative estimate of drug-likeness (QED) is 0.227. The van der Waals surface area contributed by atoms with Crippen molar-refractivity contribution < 1.29 is 9.72 Å². The minimum atomic E-state index is -0.430. The summed E-state index contributed by atoms with van der Waals surface area (Å²) >= 11 is 0. The molecule has 0 fully saturated rings. The standard InChI is InChI=1S/C26H31N3O3/c1-4-5-8-15-28(26(30)22-14-13-21(3)25(17-22)29(31)32)19-24-12-9-16-27(24)18-23-11-7-6-10-20(23)2/h6-7,9-14,16-17H,4-5,8,15,18-19H2,1-3H3. The maximum atomic E-state index is 13.4. The maximum absolute atomic E-state index is 13.4. The maximum Gasteiger partial charge on any atom is 0.273 e. The fraction of sp³-hybridized carbons (Fsp3) is 0.346. The second-order valence-corrected chi connectivity index (χ2v) is 8.25. The Morgan fingerprint density at radius 2 is 1.81 bits per heavy atom. The molecule has 0 saturated heterocycles. The Balaban J connectivity index is 1.85. The monoisotopic (exact) mass is 433 g/mol. The predicted octanol–water partition coefficient (Wildman–Crippen LogP) is 5.89. The Morgan fingerprint density at radius 1 is 1.03 bits per heavy atom. The first-order valence-electron chi connectivity index (χ1n) is 11.1. The molecule has 32 heavy (non-hydrogen) atoms. The Bertz CT molecular complexity index is 1090. The van der Waals surface area contributed by atoms with Crippen LogP contribution in [0, 0.1) is 24.0 Å². The number of nitro benzene ring substituents is 1. The van der Waals surface area contributed by atoms with Crippen LogP contribution < -0.4 is 0 Å². The summed E-state index contributed by atoms with van der Waals surface area (Å²) in [5.41, 5.74) is 4.40.